The summed E-state index contributed by atoms with van der Waals surface area (Å²) in [5.74, 6) is -0.662. The lowest BCUT2D eigenvalue weighted by molar-refractivity contribution is 0.0228. The quantitative estimate of drug-likeness (QED) is 0.717. The maximum Gasteiger partial charge on any atom is 0.295 e. The molecule has 0 aliphatic heterocycles. The minimum atomic E-state index is -0.361. The molecule has 1 aliphatic carbocycles. The number of hydrogen-bond acceptors (Lipinski definition) is 3. The Morgan fingerprint density at radius 3 is 2.65 bits per heavy atom. The number of nitrogens with one attached hydrogen (secondary N) is 1. The van der Waals surface area contributed by atoms with Crippen LogP contribution in [-0.2, 0) is 24.3 Å². The van der Waals surface area contributed by atoms with Crippen molar-refractivity contribution in [2.75, 3.05) is 0 Å². The highest BCUT2D eigenvalue weighted by atomic mass is 19.1. The Bertz CT molecular complexity index is 920. The van der Waals surface area contributed by atoms with Crippen molar-refractivity contribution >= 4 is 5.91 Å². The molecule has 0 radical (unpaired) electrons. The van der Waals surface area contributed by atoms with Gasteiger partial charge < -0.3 is 0 Å². The largest absolute Gasteiger partial charge is 0.295 e. The summed E-state index contributed by atoms with van der Waals surface area (Å²) in [7, 11) is 0. The number of carbonyl (C=O) groups excluding carboxylic acids is 1. The molecule has 132 valence electrons. The molecular formula is C20H18FN3O2. The lowest BCUT2D eigenvalue weighted by Crippen LogP contribution is -2.25. The minimum absolute atomic E-state index is 0.285. The normalized spacial score (nSPS) is 12.8. The lowest BCUT2D eigenvalue weighted by atomic mass is 10.2. The number of fused-ring (bicyclic) bond motifs is 1. The summed E-state index contributed by atoms with van der Waals surface area (Å²) in [6.45, 7) is 0.285. The van der Waals surface area contributed by atoms with Gasteiger partial charge in [0.05, 0.1) is 12.3 Å². The second kappa shape index (κ2) is 7.09. The first kappa shape index (κ1) is 16.5. The van der Waals surface area contributed by atoms with Crippen LogP contribution in [0, 0.1) is 5.82 Å². The second-order valence-electron chi connectivity index (χ2n) is 6.22. The molecule has 0 unspecified atom stereocenters. The standard InChI is InChI=1S/C20H18FN3O2/c21-15-9-11-16(12-10-15)24-18-8-4-7-17(18)19(22-24)20(25)23-26-13-14-5-2-1-3-6-14/h1-3,5-6,9-12H,4,7-8,13H2,(H,23,25). The molecule has 1 aliphatic rings. The maximum atomic E-state index is 13.2. The predicted octanol–water partition coefficient (Wildman–Crippen LogP) is 3.36. The topological polar surface area (TPSA) is 56.1 Å². The average Bonchev–Trinajstić information content (AvgIpc) is 3.26. The molecule has 0 saturated carbocycles. The van der Waals surface area contributed by atoms with Crippen LogP contribution in [0.3, 0.4) is 0 Å². The van der Waals surface area contributed by atoms with Crippen molar-refractivity contribution in [2.24, 2.45) is 0 Å². The molecule has 1 heterocycles. The zero-order chi connectivity index (χ0) is 17.9. The van der Waals surface area contributed by atoms with Crippen LogP contribution in [0.2, 0.25) is 0 Å². The van der Waals surface area contributed by atoms with Gasteiger partial charge >= 0.3 is 0 Å². The highest BCUT2D eigenvalue weighted by Crippen LogP contribution is 2.27. The van der Waals surface area contributed by atoms with E-state index in [1.54, 1.807) is 16.8 Å². The van der Waals surface area contributed by atoms with Gasteiger partial charge in [-0.15, -0.1) is 0 Å². The summed E-state index contributed by atoms with van der Waals surface area (Å²) in [4.78, 5) is 17.8. The molecule has 26 heavy (non-hydrogen) atoms. The molecule has 0 bridgehead atoms. The number of benzene rings is 2. The van der Waals surface area contributed by atoms with Crippen molar-refractivity contribution in [3.8, 4) is 5.69 Å². The molecule has 4 rings (SSSR count). The third kappa shape index (κ3) is 3.23. The number of nitrogens with zero attached hydrogens (tertiary/aromatic N) is 2. The Morgan fingerprint density at radius 2 is 1.88 bits per heavy atom. The van der Waals surface area contributed by atoms with Crippen LogP contribution in [0.5, 0.6) is 0 Å². The van der Waals surface area contributed by atoms with Crippen LogP contribution in [0.1, 0.15) is 33.7 Å². The minimum Gasteiger partial charge on any atom is -0.269 e. The molecule has 3 aromatic rings. The van der Waals surface area contributed by atoms with Gasteiger partial charge in [0.1, 0.15) is 5.82 Å². The van der Waals surface area contributed by atoms with Gasteiger partial charge in [-0.1, -0.05) is 30.3 Å². The van der Waals surface area contributed by atoms with Crippen LogP contribution < -0.4 is 5.48 Å². The monoisotopic (exact) mass is 351 g/mol. The summed E-state index contributed by atoms with van der Waals surface area (Å²) < 4.78 is 14.9. The lowest BCUT2D eigenvalue weighted by Gasteiger charge is -2.06. The summed E-state index contributed by atoms with van der Waals surface area (Å²) in [5.41, 5.74) is 6.50. The number of hydroxylamine groups is 1. The summed E-state index contributed by atoms with van der Waals surface area (Å²) in [6, 6.07) is 15.7. The van der Waals surface area contributed by atoms with Crippen molar-refractivity contribution in [3.63, 3.8) is 0 Å². The van der Waals surface area contributed by atoms with E-state index in [4.69, 9.17) is 4.84 Å². The number of aromatic nitrogens is 2. The Labute approximate surface area is 150 Å². The fraction of sp³-hybridized carbons (Fsp3) is 0.200. The SMILES string of the molecule is O=C(NOCc1ccccc1)c1nn(-c2ccc(F)cc2)c2c1CCC2. The first-order valence-electron chi connectivity index (χ1n) is 8.55. The van der Waals surface area contributed by atoms with E-state index in [-0.39, 0.29) is 18.3 Å². The molecule has 1 amide bonds. The summed E-state index contributed by atoms with van der Waals surface area (Å²) in [5, 5.41) is 4.46. The van der Waals surface area contributed by atoms with Gasteiger partial charge in [-0.05, 0) is 49.1 Å². The molecular weight excluding hydrogens is 333 g/mol. The van der Waals surface area contributed by atoms with E-state index < -0.39 is 0 Å². The molecule has 5 nitrogen and oxygen atoms in total. The fourth-order valence-corrected chi connectivity index (χ4v) is 3.22. The smallest absolute Gasteiger partial charge is 0.269 e. The third-order valence-electron chi connectivity index (χ3n) is 4.46. The van der Waals surface area contributed by atoms with Gasteiger partial charge in [0.25, 0.3) is 5.91 Å². The van der Waals surface area contributed by atoms with E-state index in [0.717, 1.165) is 41.8 Å². The first-order chi connectivity index (χ1) is 12.7. The summed E-state index contributed by atoms with van der Waals surface area (Å²) in [6.07, 6.45) is 2.62. The van der Waals surface area contributed by atoms with Crippen LogP contribution >= 0.6 is 0 Å². The molecule has 6 heteroatoms. The van der Waals surface area contributed by atoms with Gasteiger partial charge in [0.2, 0.25) is 0 Å². The number of carbonyl (C=O) groups is 1. The van der Waals surface area contributed by atoms with Crippen LogP contribution in [0.15, 0.2) is 54.6 Å². The Kier molecular flexibility index (Phi) is 4.50. The molecule has 1 aromatic heterocycles. The zero-order valence-electron chi connectivity index (χ0n) is 14.1. The van der Waals surface area contributed by atoms with Crippen molar-refractivity contribution in [2.45, 2.75) is 25.9 Å². The first-order valence-corrected chi connectivity index (χ1v) is 8.55. The van der Waals surface area contributed by atoms with E-state index in [1.165, 1.54) is 12.1 Å². The molecule has 0 saturated heterocycles. The van der Waals surface area contributed by atoms with Crippen LogP contribution in [0.25, 0.3) is 5.69 Å². The molecule has 1 N–H and O–H groups in total. The Hall–Kier alpha value is -2.99. The van der Waals surface area contributed by atoms with Gasteiger partial charge in [-0.2, -0.15) is 5.10 Å². The highest BCUT2D eigenvalue weighted by Gasteiger charge is 2.27. The third-order valence-corrected chi connectivity index (χ3v) is 4.46. The number of rotatable bonds is 5. The van der Waals surface area contributed by atoms with E-state index in [1.807, 2.05) is 30.3 Å². The van der Waals surface area contributed by atoms with Gasteiger partial charge in [-0.25, -0.2) is 14.6 Å². The maximum absolute atomic E-state index is 13.2. The van der Waals surface area contributed by atoms with E-state index in [0.29, 0.717) is 5.69 Å². The highest BCUT2D eigenvalue weighted by molar-refractivity contribution is 5.93. The van der Waals surface area contributed by atoms with E-state index in [9.17, 15) is 9.18 Å². The van der Waals surface area contributed by atoms with Gasteiger partial charge in [0, 0.05) is 11.3 Å². The molecule has 0 atom stereocenters. The molecule has 2 aromatic carbocycles. The predicted molar refractivity (Wildman–Crippen MR) is 94.2 cm³/mol. The fourth-order valence-electron chi connectivity index (χ4n) is 3.22. The van der Waals surface area contributed by atoms with Crippen LogP contribution in [-0.4, -0.2) is 15.7 Å². The zero-order valence-corrected chi connectivity index (χ0v) is 14.1. The van der Waals surface area contributed by atoms with Gasteiger partial charge in [0.15, 0.2) is 5.69 Å². The number of amides is 1. The average molecular weight is 351 g/mol. The second-order valence-corrected chi connectivity index (χ2v) is 6.22. The van der Waals surface area contributed by atoms with Crippen molar-refractivity contribution in [1.82, 2.24) is 15.3 Å². The van der Waals surface area contributed by atoms with E-state index >= 15 is 0 Å². The number of hydrogen-bond donors (Lipinski definition) is 1. The van der Waals surface area contributed by atoms with E-state index in [2.05, 4.69) is 10.6 Å². The van der Waals surface area contributed by atoms with Crippen molar-refractivity contribution < 1.29 is 14.0 Å². The van der Waals surface area contributed by atoms with Gasteiger partial charge in [-0.3, -0.25) is 9.63 Å². The van der Waals surface area contributed by atoms with Crippen molar-refractivity contribution in [1.29, 1.82) is 0 Å². The molecule has 0 fully saturated rings. The molecule has 0 spiro atoms. The Balaban J connectivity index is 1.52. The van der Waals surface area contributed by atoms with Crippen molar-refractivity contribution in [3.05, 3.63) is 82.9 Å². The Morgan fingerprint density at radius 1 is 1.12 bits per heavy atom. The summed E-state index contributed by atoms with van der Waals surface area (Å²) >= 11 is 0. The number of halogens is 1. The van der Waals surface area contributed by atoms with Crippen LogP contribution in [0.4, 0.5) is 4.39 Å².